The number of hydrogen-bond acceptors (Lipinski definition) is 5. The largest absolute Gasteiger partial charge is 0.416 e. The molecule has 0 amide bonds. The Balaban J connectivity index is 1.96. The molecule has 1 aromatic rings. The van der Waals surface area contributed by atoms with Gasteiger partial charge in [0.1, 0.15) is 0 Å². The molecule has 0 radical (unpaired) electrons. The summed E-state index contributed by atoms with van der Waals surface area (Å²) >= 11 is 1.75. The molecule has 5 heteroatoms. The molecule has 1 N–H and O–H groups in total. The van der Waals surface area contributed by atoms with E-state index in [0.29, 0.717) is 17.2 Å². The van der Waals surface area contributed by atoms with Crippen LogP contribution in [0.25, 0.3) is 0 Å². The van der Waals surface area contributed by atoms with E-state index in [9.17, 15) is 0 Å². The van der Waals surface area contributed by atoms with Crippen molar-refractivity contribution in [2.75, 3.05) is 6.54 Å². The third-order valence-corrected chi connectivity index (χ3v) is 4.60. The molecule has 18 heavy (non-hydrogen) atoms. The molecular formula is C13H23N3OS. The fraction of sp³-hybridized carbons (Fsp3) is 0.846. The van der Waals surface area contributed by atoms with Crippen LogP contribution in [0.15, 0.2) is 9.64 Å². The van der Waals surface area contributed by atoms with E-state index < -0.39 is 0 Å². The van der Waals surface area contributed by atoms with Gasteiger partial charge in [0.25, 0.3) is 5.22 Å². The van der Waals surface area contributed by atoms with Crippen LogP contribution in [0, 0.1) is 6.92 Å². The van der Waals surface area contributed by atoms with Crippen LogP contribution in [0.4, 0.5) is 0 Å². The lowest BCUT2D eigenvalue weighted by molar-refractivity contribution is 0.422. The molecule has 0 aliphatic heterocycles. The molecule has 0 bridgehead atoms. The van der Waals surface area contributed by atoms with Gasteiger partial charge in [-0.3, -0.25) is 0 Å². The monoisotopic (exact) mass is 269 g/mol. The second-order valence-electron chi connectivity index (χ2n) is 4.94. The van der Waals surface area contributed by atoms with Crippen molar-refractivity contribution in [3.05, 3.63) is 5.89 Å². The van der Waals surface area contributed by atoms with Gasteiger partial charge >= 0.3 is 0 Å². The van der Waals surface area contributed by atoms with Gasteiger partial charge in [-0.25, -0.2) is 0 Å². The first-order valence-electron chi connectivity index (χ1n) is 6.99. The van der Waals surface area contributed by atoms with E-state index in [-0.39, 0.29) is 0 Å². The Kier molecular flexibility index (Phi) is 5.50. The number of nitrogens with zero attached hydrogens (tertiary/aromatic N) is 2. The van der Waals surface area contributed by atoms with Crippen LogP contribution in [0.1, 0.15) is 51.3 Å². The molecule has 1 heterocycles. The first-order valence-corrected chi connectivity index (χ1v) is 7.87. The minimum Gasteiger partial charge on any atom is -0.416 e. The highest BCUT2D eigenvalue weighted by molar-refractivity contribution is 7.99. The molecular weight excluding hydrogens is 246 g/mol. The highest BCUT2D eigenvalue weighted by Crippen LogP contribution is 2.32. The quantitative estimate of drug-likeness (QED) is 0.832. The highest BCUT2D eigenvalue weighted by atomic mass is 32.2. The summed E-state index contributed by atoms with van der Waals surface area (Å²) in [5, 5.41) is 13.0. The third kappa shape index (κ3) is 3.99. The lowest BCUT2D eigenvalue weighted by Gasteiger charge is -2.24. The Morgan fingerprint density at radius 2 is 2.11 bits per heavy atom. The summed E-state index contributed by atoms with van der Waals surface area (Å²) in [6.07, 6.45) is 7.70. The van der Waals surface area contributed by atoms with E-state index in [1.165, 1.54) is 38.5 Å². The molecule has 2 unspecified atom stereocenters. The number of aryl methyl sites for hydroxylation is 1. The number of nitrogens with one attached hydrogen (secondary N) is 1. The van der Waals surface area contributed by atoms with Gasteiger partial charge < -0.3 is 9.73 Å². The van der Waals surface area contributed by atoms with Gasteiger partial charge in [-0.15, -0.1) is 10.2 Å². The van der Waals surface area contributed by atoms with Gasteiger partial charge in [0.05, 0.1) is 0 Å². The van der Waals surface area contributed by atoms with Crippen LogP contribution in [0.5, 0.6) is 0 Å². The zero-order chi connectivity index (χ0) is 12.8. The minimum absolute atomic E-state index is 0.568. The van der Waals surface area contributed by atoms with E-state index in [2.05, 4.69) is 22.4 Å². The second kappa shape index (κ2) is 7.14. The molecule has 1 saturated carbocycles. The SMILES string of the molecule is CCCNC1CCCCCC1Sc1nnc(C)o1. The summed E-state index contributed by atoms with van der Waals surface area (Å²) in [5.74, 6) is 0.657. The molecule has 1 aliphatic rings. The van der Waals surface area contributed by atoms with Crippen molar-refractivity contribution in [1.82, 2.24) is 15.5 Å². The summed E-state index contributed by atoms with van der Waals surface area (Å²) in [7, 11) is 0. The van der Waals surface area contributed by atoms with Gasteiger partial charge in [0.2, 0.25) is 5.89 Å². The first kappa shape index (κ1) is 13.9. The van der Waals surface area contributed by atoms with Crippen LogP contribution in [0.2, 0.25) is 0 Å². The number of thioether (sulfide) groups is 1. The van der Waals surface area contributed by atoms with Crippen molar-refractivity contribution in [3.8, 4) is 0 Å². The molecule has 0 spiro atoms. The molecule has 102 valence electrons. The van der Waals surface area contributed by atoms with Crippen molar-refractivity contribution >= 4 is 11.8 Å². The van der Waals surface area contributed by atoms with Gasteiger partial charge in [0, 0.05) is 18.2 Å². The standard InChI is InChI=1S/C13H23N3OS/c1-3-9-14-11-7-5-4-6-8-12(11)18-13-16-15-10(2)17-13/h11-12,14H,3-9H2,1-2H3. The highest BCUT2D eigenvalue weighted by Gasteiger charge is 2.25. The smallest absolute Gasteiger partial charge is 0.276 e. The number of rotatable bonds is 5. The normalized spacial score (nSPS) is 25.0. The minimum atomic E-state index is 0.568. The van der Waals surface area contributed by atoms with Crippen LogP contribution < -0.4 is 5.32 Å². The fourth-order valence-electron chi connectivity index (χ4n) is 2.43. The maximum Gasteiger partial charge on any atom is 0.276 e. The molecule has 0 aromatic carbocycles. The molecule has 2 atom stereocenters. The summed E-state index contributed by atoms with van der Waals surface area (Å²) < 4.78 is 5.49. The lowest BCUT2D eigenvalue weighted by atomic mass is 10.1. The van der Waals surface area contributed by atoms with E-state index in [4.69, 9.17) is 4.42 Å². The number of aromatic nitrogens is 2. The Morgan fingerprint density at radius 1 is 1.28 bits per heavy atom. The van der Waals surface area contributed by atoms with Gasteiger partial charge in [-0.05, 0) is 25.8 Å². The van der Waals surface area contributed by atoms with Crippen LogP contribution in [-0.4, -0.2) is 28.0 Å². The summed E-state index contributed by atoms with van der Waals surface area (Å²) in [5.41, 5.74) is 0. The number of hydrogen-bond donors (Lipinski definition) is 1. The second-order valence-corrected chi connectivity index (χ2v) is 6.13. The van der Waals surface area contributed by atoms with Crippen LogP contribution in [0.3, 0.4) is 0 Å². The van der Waals surface area contributed by atoms with Gasteiger partial charge in [-0.2, -0.15) is 0 Å². The van der Waals surface area contributed by atoms with Gasteiger partial charge in [0.15, 0.2) is 0 Å². The zero-order valence-electron chi connectivity index (χ0n) is 11.3. The fourth-order valence-corrected chi connectivity index (χ4v) is 3.63. The predicted molar refractivity (Wildman–Crippen MR) is 73.8 cm³/mol. The van der Waals surface area contributed by atoms with E-state index in [1.807, 2.05) is 6.92 Å². The Morgan fingerprint density at radius 3 is 2.83 bits per heavy atom. The summed E-state index contributed by atoms with van der Waals surface area (Å²) in [6, 6.07) is 0.588. The topological polar surface area (TPSA) is 51.0 Å². The van der Waals surface area contributed by atoms with E-state index in [0.717, 1.165) is 11.8 Å². The molecule has 1 aliphatic carbocycles. The van der Waals surface area contributed by atoms with Crippen LogP contribution >= 0.6 is 11.8 Å². The average molecular weight is 269 g/mol. The lowest BCUT2D eigenvalue weighted by Crippen LogP contribution is -2.37. The Labute approximate surface area is 113 Å². The maximum absolute atomic E-state index is 5.49. The first-order chi connectivity index (χ1) is 8.79. The molecule has 4 nitrogen and oxygen atoms in total. The van der Waals surface area contributed by atoms with Gasteiger partial charge in [-0.1, -0.05) is 37.9 Å². The molecule has 1 aromatic heterocycles. The van der Waals surface area contributed by atoms with Crippen molar-refractivity contribution in [2.45, 2.75) is 68.9 Å². The summed E-state index contributed by atoms with van der Waals surface area (Å²) in [6.45, 7) is 5.16. The van der Waals surface area contributed by atoms with Crippen molar-refractivity contribution in [3.63, 3.8) is 0 Å². The Hall–Kier alpha value is -0.550. The van der Waals surface area contributed by atoms with Crippen molar-refractivity contribution < 1.29 is 4.42 Å². The van der Waals surface area contributed by atoms with Crippen molar-refractivity contribution in [2.24, 2.45) is 0 Å². The third-order valence-electron chi connectivity index (χ3n) is 3.37. The van der Waals surface area contributed by atoms with E-state index in [1.54, 1.807) is 11.8 Å². The van der Waals surface area contributed by atoms with Crippen LogP contribution in [-0.2, 0) is 0 Å². The Bertz CT molecular complexity index is 356. The molecule has 0 saturated heterocycles. The van der Waals surface area contributed by atoms with E-state index >= 15 is 0 Å². The summed E-state index contributed by atoms with van der Waals surface area (Å²) in [4.78, 5) is 0. The van der Waals surface area contributed by atoms with Crippen molar-refractivity contribution in [1.29, 1.82) is 0 Å². The molecule has 2 rings (SSSR count). The maximum atomic E-state index is 5.49. The predicted octanol–water partition coefficient (Wildman–Crippen LogP) is 3.17. The molecule has 1 fully saturated rings. The zero-order valence-corrected chi connectivity index (χ0v) is 12.1. The average Bonchev–Trinajstić information content (AvgIpc) is 2.64.